The SMILES string of the molecule is CCc1nn(C)c(C(=O)N2CCC(CC)(CC)C2)c1N. The fourth-order valence-electron chi connectivity index (χ4n) is 3.20. The highest BCUT2D eigenvalue weighted by Gasteiger charge is 2.38. The highest BCUT2D eigenvalue weighted by molar-refractivity contribution is 5.98. The van der Waals surface area contributed by atoms with Gasteiger partial charge >= 0.3 is 0 Å². The van der Waals surface area contributed by atoms with Gasteiger partial charge in [0.15, 0.2) is 0 Å². The van der Waals surface area contributed by atoms with Gasteiger partial charge in [-0.3, -0.25) is 9.48 Å². The summed E-state index contributed by atoms with van der Waals surface area (Å²) in [5.74, 6) is 0.0287. The Hall–Kier alpha value is -1.52. The van der Waals surface area contributed by atoms with E-state index < -0.39 is 0 Å². The predicted octanol–water partition coefficient (Wildman–Crippen LogP) is 2.22. The minimum absolute atomic E-state index is 0.0287. The van der Waals surface area contributed by atoms with Crippen molar-refractivity contribution >= 4 is 11.6 Å². The Bertz CT molecular complexity index is 502. The molecule has 5 heteroatoms. The molecule has 1 aliphatic heterocycles. The van der Waals surface area contributed by atoms with E-state index in [1.54, 1.807) is 11.7 Å². The number of hydrogen-bond donors (Lipinski definition) is 1. The molecule has 0 aliphatic carbocycles. The first kappa shape index (κ1) is 14.9. The Labute approximate surface area is 121 Å². The first-order valence-electron chi connectivity index (χ1n) is 7.58. The van der Waals surface area contributed by atoms with Crippen LogP contribution in [0.4, 0.5) is 5.69 Å². The molecule has 1 aromatic heterocycles. The summed E-state index contributed by atoms with van der Waals surface area (Å²) in [5.41, 5.74) is 8.28. The van der Waals surface area contributed by atoms with Crippen LogP contribution >= 0.6 is 0 Å². The molecule has 2 N–H and O–H groups in total. The number of nitrogen functional groups attached to an aromatic ring is 1. The van der Waals surface area contributed by atoms with Crippen LogP contribution in [0.15, 0.2) is 0 Å². The second-order valence-corrected chi connectivity index (χ2v) is 5.87. The highest BCUT2D eigenvalue weighted by atomic mass is 16.2. The number of nitrogens with two attached hydrogens (primary N) is 1. The summed E-state index contributed by atoms with van der Waals surface area (Å²) in [5, 5.41) is 4.34. The van der Waals surface area contributed by atoms with E-state index in [-0.39, 0.29) is 11.3 Å². The van der Waals surface area contributed by atoms with E-state index in [1.165, 1.54) is 0 Å². The summed E-state index contributed by atoms with van der Waals surface area (Å²) in [4.78, 5) is 14.7. The predicted molar refractivity (Wildman–Crippen MR) is 80.5 cm³/mol. The molecule has 1 fully saturated rings. The van der Waals surface area contributed by atoms with Crippen LogP contribution in [0.3, 0.4) is 0 Å². The molecule has 2 heterocycles. The lowest BCUT2D eigenvalue weighted by molar-refractivity contribution is 0.0760. The van der Waals surface area contributed by atoms with Crippen molar-refractivity contribution in [3.8, 4) is 0 Å². The summed E-state index contributed by atoms with van der Waals surface area (Å²) in [6, 6.07) is 0. The van der Waals surface area contributed by atoms with Gasteiger partial charge < -0.3 is 10.6 Å². The molecule has 5 nitrogen and oxygen atoms in total. The van der Waals surface area contributed by atoms with Crippen LogP contribution in [0, 0.1) is 5.41 Å². The van der Waals surface area contributed by atoms with Crippen molar-refractivity contribution in [3.05, 3.63) is 11.4 Å². The third-order valence-electron chi connectivity index (χ3n) is 4.92. The minimum atomic E-state index is 0.0287. The maximum Gasteiger partial charge on any atom is 0.274 e. The fourth-order valence-corrected chi connectivity index (χ4v) is 3.20. The van der Waals surface area contributed by atoms with Crippen LogP contribution in [0.25, 0.3) is 0 Å². The van der Waals surface area contributed by atoms with Crippen LogP contribution in [0.5, 0.6) is 0 Å². The molecular weight excluding hydrogens is 252 g/mol. The summed E-state index contributed by atoms with van der Waals surface area (Å²) >= 11 is 0. The summed E-state index contributed by atoms with van der Waals surface area (Å²) in [6.07, 6.45) is 4.08. The molecule has 2 rings (SSSR count). The van der Waals surface area contributed by atoms with Gasteiger partial charge in [-0.1, -0.05) is 20.8 Å². The summed E-state index contributed by atoms with van der Waals surface area (Å²) in [7, 11) is 1.80. The monoisotopic (exact) mass is 278 g/mol. The third-order valence-corrected chi connectivity index (χ3v) is 4.92. The van der Waals surface area contributed by atoms with Crippen molar-refractivity contribution < 1.29 is 4.79 Å². The molecule has 20 heavy (non-hydrogen) atoms. The lowest BCUT2D eigenvalue weighted by atomic mass is 9.82. The van der Waals surface area contributed by atoms with Gasteiger partial charge in [-0.25, -0.2) is 0 Å². The highest BCUT2D eigenvalue weighted by Crippen LogP contribution is 2.37. The molecule has 0 saturated carbocycles. The molecule has 0 bridgehead atoms. The maximum absolute atomic E-state index is 12.7. The first-order chi connectivity index (χ1) is 9.48. The lowest BCUT2D eigenvalue weighted by Crippen LogP contribution is -2.33. The molecule has 0 radical (unpaired) electrons. The van der Waals surface area contributed by atoms with Crippen LogP contribution in [-0.4, -0.2) is 33.7 Å². The number of likely N-dealkylation sites (tertiary alicyclic amines) is 1. The standard InChI is InChI=1S/C15H26N4O/c1-5-11-12(16)13(18(4)17-11)14(20)19-9-8-15(6-2,7-3)10-19/h5-10,16H2,1-4H3. The number of nitrogens with zero attached hydrogens (tertiary/aromatic N) is 3. The molecule has 0 aromatic carbocycles. The first-order valence-corrected chi connectivity index (χ1v) is 7.58. The van der Waals surface area contributed by atoms with Gasteiger partial charge in [0, 0.05) is 20.1 Å². The number of carbonyl (C=O) groups excluding carboxylic acids is 1. The van der Waals surface area contributed by atoms with Gasteiger partial charge in [-0.15, -0.1) is 0 Å². The Kier molecular flexibility index (Phi) is 4.06. The maximum atomic E-state index is 12.7. The fraction of sp³-hybridized carbons (Fsp3) is 0.733. The van der Waals surface area contributed by atoms with E-state index in [0.717, 1.165) is 44.5 Å². The second kappa shape index (κ2) is 5.46. The Morgan fingerprint density at radius 2 is 2.00 bits per heavy atom. The van der Waals surface area contributed by atoms with Crippen molar-refractivity contribution in [2.45, 2.75) is 46.5 Å². The number of hydrogen-bond acceptors (Lipinski definition) is 3. The smallest absolute Gasteiger partial charge is 0.274 e. The number of carbonyl (C=O) groups is 1. The van der Waals surface area contributed by atoms with Crippen LogP contribution in [-0.2, 0) is 13.5 Å². The molecule has 1 amide bonds. The Morgan fingerprint density at radius 3 is 2.45 bits per heavy atom. The average molecular weight is 278 g/mol. The van der Waals surface area contributed by atoms with Gasteiger partial charge in [0.25, 0.3) is 5.91 Å². The number of aryl methyl sites for hydroxylation is 2. The third kappa shape index (κ3) is 2.30. The molecule has 1 aliphatic rings. The van der Waals surface area contributed by atoms with Crippen molar-refractivity contribution in [1.29, 1.82) is 0 Å². The molecular formula is C15H26N4O. The molecule has 0 spiro atoms. The van der Waals surface area contributed by atoms with E-state index in [4.69, 9.17) is 5.73 Å². The van der Waals surface area contributed by atoms with E-state index in [9.17, 15) is 4.79 Å². The van der Waals surface area contributed by atoms with Crippen molar-refractivity contribution in [2.75, 3.05) is 18.8 Å². The van der Waals surface area contributed by atoms with Crippen LogP contribution in [0.1, 0.15) is 56.2 Å². The van der Waals surface area contributed by atoms with Gasteiger partial charge in [0.1, 0.15) is 5.69 Å². The van der Waals surface area contributed by atoms with E-state index in [0.29, 0.717) is 11.4 Å². The van der Waals surface area contributed by atoms with Gasteiger partial charge in [0.2, 0.25) is 0 Å². The Balaban J connectivity index is 2.23. The van der Waals surface area contributed by atoms with Gasteiger partial charge in [-0.05, 0) is 31.1 Å². The van der Waals surface area contributed by atoms with E-state index in [1.807, 2.05) is 11.8 Å². The Morgan fingerprint density at radius 1 is 1.35 bits per heavy atom. The lowest BCUT2D eigenvalue weighted by Gasteiger charge is -2.26. The molecule has 0 atom stereocenters. The zero-order valence-corrected chi connectivity index (χ0v) is 13.1. The number of amides is 1. The quantitative estimate of drug-likeness (QED) is 0.918. The topological polar surface area (TPSA) is 64.2 Å². The normalized spacial score (nSPS) is 17.7. The van der Waals surface area contributed by atoms with Crippen molar-refractivity contribution in [2.24, 2.45) is 12.5 Å². The van der Waals surface area contributed by atoms with Gasteiger partial charge in [0.05, 0.1) is 11.4 Å². The zero-order chi connectivity index (χ0) is 14.9. The largest absolute Gasteiger partial charge is 0.395 e. The zero-order valence-electron chi connectivity index (χ0n) is 13.1. The second-order valence-electron chi connectivity index (χ2n) is 5.87. The number of rotatable bonds is 4. The van der Waals surface area contributed by atoms with Crippen molar-refractivity contribution in [3.63, 3.8) is 0 Å². The van der Waals surface area contributed by atoms with Crippen molar-refractivity contribution in [1.82, 2.24) is 14.7 Å². The van der Waals surface area contributed by atoms with Gasteiger partial charge in [-0.2, -0.15) is 5.10 Å². The molecule has 112 valence electrons. The minimum Gasteiger partial charge on any atom is -0.395 e. The molecule has 1 aromatic rings. The van der Waals surface area contributed by atoms with E-state index in [2.05, 4.69) is 18.9 Å². The number of anilines is 1. The summed E-state index contributed by atoms with van der Waals surface area (Å²) < 4.78 is 1.63. The average Bonchev–Trinajstić information content (AvgIpc) is 3.00. The molecule has 1 saturated heterocycles. The van der Waals surface area contributed by atoms with E-state index >= 15 is 0 Å². The van der Waals surface area contributed by atoms with Crippen LogP contribution in [0.2, 0.25) is 0 Å². The number of aromatic nitrogens is 2. The van der Waals surface area contributed by atoms with Crippen LogP contribution < -0.4 is 5.73 Å². The summed E-state index contributed by atoms with van der Waals surface area (Å²) in [6.45, 7) is 8.09. The molecule has 0 unspecified atom stereocenters.